The first-order valence-electron chi connectivity index (χ1n) is 12.2. The molecule has 1 saturated heterocycles. The van der Waals surface area contributed by atoms with E-state index in [4.69, 9.17) is 4.74 Å². The van der Waals surface area contributed by atoms with Crippen molar-refractivity contribution in [3.63, 3.8) is 0 Å². The molecule has 3 aromatic rings. The van der Waals surface area contributed by atoms with Crippen LogP contribution in [0, 0.1) is 17.4 Å². The van der Waals surface area contributed by atoms with E-state index in [1.54, 1.807) is 12.1 Å². The standard InChI is InChI=1S/C30H29IN2O4/c1-5-22-9-7-8-10-26(22)33-29(35)24(28(34)32-30(33)36)15-21-16-25(31)23(27(17-21)37-6-2)14-20-12-18(3)11-19(4)13-20/h7-13,15-17H,5-6,14H2,1-4H3,(H,32,34,36)/b24-15-. The molecule has 0 bridgehead atoms. The van der Waals surface area contributed by atoms with Crippen LogP contribution in [0.25, 0.3) is 6.08 Å². The number of hydrogen-bond donors (Lipinski definition) is 1. The van der Waals surface area contributed by atoms with Gasteiger partial charge in [-0.25, -0.2) is 9.69 Å². The van der Waals surface area contributed by atoms with E-state index in [0.717, 1.165) is 19.6 Å². The number of nitrogens with zero attached hydrogens (tertiary/aromatic N) is 1. The molecule has 0 atom stereocenters. The maximum absolute atomic E-state index is 13.4. The van der Waals surface area contributed by atoms with Crippen molar-refractivity contribution in [2.75, 3.05) is 11.5 Å². The van der Waals surface area contributed by atoms with Gasteiger partial charge in [-0.05, 0) is 90.7 Å². The Labute approximate surface area is 230 Å². The zero-order valence-corrected chi connectivity index (χ0v) is 23.5. The number of hydrogen-bond acceptors (Lipinski definition) is 4. The van der Waals surface area contributed by atoms with E-state index >= 15 is 0 Å². The number of rotatable bonds is 7. The van der Waals surface area contributed by atoms with E-state index in [1.807, 2.05) is 38.1 Å². The smallest absolute Gasteiger partial charge is 0.335 e. The average Bonchev–Trinajstić information content (AvgIpc) is 2.83. The number of para-hydroxylation sites is 1. The minimum absolute atomic E-state index is 0.106. The van der Waals surface area contributed by atoms with Crippen molar-refractivity contribution in [1.82, 2.24) is 5.32 Å². The number of nitrogens with one attached hydrogen (secondary N) is 1. The summed E-state index contributed by atoms with van der Waals surface area (Å²) in [5.41, 5.74) is 6.49. The first-order valence-corrected chi connectivity index (χ1v) is 13.3. The molecule has 0 aromatic heterocycles. The van der Waals surface area contributed by atoms with Crippen molar-refractivity contribution in [1.29, 1.82) is 0 Å². The van der Waals surface area contributed by atoms with Crippen molar-refractivity contribution >= 4 is 52.2 Å². The maximum Gasteiger partial charge on any atom is 0.335 e. The number of anilines is 1. The third kappa shape index (κ3) is 5.77. The van der Waals surface area contributed by atoms with Gasteiger partial charge in [0.05, 0.1) is 12.3 Å². The van der Waals surface area contributed by atoms with Crippen molar-refractivity contribution < 1.29 is 19.1 Å². The summed E-state index contributed by atoms with van der Waals surface area (Å²) >= 11 is 2.27. The lowest BCUT2D eigenvalue weighted by atomic mass is 9.98. The zero-order valence-electron chi connectivity index (χ0n) is 21.4. The van der Waals surface area contributed by atoms with Gasteiger partial charge in [0.15, 0.2) is 0 Å². The monoisotopic (exact) mass is 608 g/mol. The van der Waals surface area contributed by atoms with Crippen LogP contribution in [-0.2, 0) is 22.4 Å². The Morgan fingerprint density at radius 2 is 1.68 bits per heavy atom. The number of aryl methyl sites for hydroxylation is 3. The topological polar surface area (TPSA) is 75.7 Å². The number of barbiturate groups is 1. The lowest BCUT2D eigenvalue weighted by molar-refractivity contribution is -0.122. The molecule has 1 aliphatic rings. The molecule has 0 unspecified atom stereocenters. The van der Waals surface area contributed by atoms with E-state index < -0.39 is 17.8 Å². The number of ether oxygens (including phenoxy) is 1. The summed E-state index contributed by atoms with van der Waals surface area (Å²) in [7, 11) is 0. The molecule has 7 heteroatoms. The van der Waals surface area contributed by atoms with Gasteiger partial charge in [0.1, 0.15) is 11.3 Å². The molecule has 4 amide bonds. The summed E-state index contributed by atoms with van der Waals surface area (Å²) in [4.78, 5) is 39.9. The van der Waals surface area contributed by atoms with E-state index in [9.17, 15) is 14.4 Å². The first kappa shape index (κ1) is 26.6. The number of benzene rings is 3. The van der Waals surface area contributed by atoms with Crippen LogP contribution in [-0.4, -0.2) is 24.5 Å². The number of urea groups is 1. The largest absolute Gasteiger partial charge is 0.494 e. The molecule has 190 valence electrons. The summed E-state index contributed by atoms with van der Waals surface area (Å²) in [5, 5.41) is 2.31. The van der Waals surface area contributed by atoms with Gasteiger partial charge in [0.25, 0.3) is 11.8 Å². The van der Waals surface area contributed by atoms with Gasteiger partial charge in [-0.1, -0.05) is 54.4 Å². The predicted molar refractivity (Wildman–Crippen MR) is 154 cm³/mol. The Hall–Kier alpha value is -3.46. The average molecular weight is 608 g/mol. The highest BCUT2D eigenvalue weighted by Gasteiger charge is 2.37. The van der Waals surface area contributed by atoms with Crippen LogP contribution in [0.15, 0.2) is 60.2 Å². The number of carbonyl (C=O) groups is 3. The quantitative estimate of drug-likeness (QED) is 0.199. The van der Waals surface area contributed by atoms with E-state index in [2.05, 4.69) is 60.0 Å². The van der Waals surface area contributed by atoms with Gasteiger partial charge in [-0.15, -0.1) is 0 Å². The molecule has 1 heterocycles. The van der Waals surface area contributed by atoms with Gasteiger partial charge >= 0.3 is 6.03 Å². The molecule has 1 fully saturated rings. The number of carbonyl (C=O) groups excluding carboxylic acids is 3. The molecule has 0 aliphatic carbocycles. The minimum Gasteiger partial charge on any atom is -0.494 e. The molecule has 0 radical (unpaired) electrons. The van der Waals surface area contributed by atoms with Crippen molar-refractivity contribution in [2.24, 2.45) is 0 Å². The minimum atomic E-state index is -0.749. The summed E-state index contributed by atoms with van der Waals surface area (Å²) < 4.78 is 6.95. The molecule has 1 N–H and O–H groups in total. The van der Waals surface area contributed by atoms with E-state index in [-0.39, 0.29) is 5.57 Å². The third-order valence-electron chi connectivity index (χ3n) is 6.17. The van der Waals surface area contributed by atoms with Crippen LogP contribution in [0.3, 0.4) is 0 Å². The van der Waals surface area contributed by atoms with Crippen LogP contribution < -0.4 is 15.0 Å². The highest BCUT2D eigenvalue weighted by atomic mass is 127. The summed E-state index contributed by atoms with van der Waals surface area (Å²) in [6, 6.07) is 16.7. The second-order valence-electron chi connectivity index (χ2n) is 9.03. The second-order valence-corrected chi connectivity index (χ2v) is 10.2. The Morgan fingerprint density at radius 1 is 0.973 bits per heavy atom. The SMILES string of the molecule is CCOc1cc(/C=C2/C(=O)NC(=O)N(c3ccccc3CC)C2=O)cc(I)c1Cc1cc(C)cc(C)c1. The van der Waals surface area contributed by atoms with Crippen molar-refractivity contribution in [2.45, 2.75) is 40.5 Å². The predicted octanol–water partition coefficient (Wildman–Crippen LogP) is 6.13. The highest BCUT2D eigenvalue weighted by Crippen LogP contribution is 2.32. The fourth-order valence-electron chi connectivity index (χ4n) is 4.62. The Kier molecular flexibility index (Phi) is 8.12. The second kappa shape index (κ2) is 11.3. The maximum atomic E-state index is 13.4. The third-order valence-corrected chi connectivity index (χ3v) is 7.13. The molecule has 1 aliphatic heterocycles. The van der Waals surface area contributed by atoms with Gasteiger partial charge in [0.2, 0.25) is 0 Å². The van der Waals surface area contributed by atoms with Gasteiger partial charge in [-0.3, -0.25) is 14.9 Å². The molecule has 4 rings (SSSR count). The van der Waals surface area contributed by atoms with Crippen LogP contribution >= 0.6 is 22.6 Å². The lowest BCUT2D eigenvalue weighted by Gasteiger charge is -2.28. The van der Waals surface area contributed by atoms with E-state index in [1.165, 1.54) is 22.8 Å². The Morgan fingerprint density at radius 3 is 2.35 bits per heavy atom. The van der Waals surface area contributed by atoms with Gasteiger partial charge in [0, 0.05) is 15.6 Å². The molecule has 0 spiro atoms. The molecule has 3 aromatic carbocycles. The molecular formula is C30H29IN2O4. The number of halogens is 1. The van der Waals surface area contributed by atoms with Crippen LogP contribution in [0.4, 0.5) is 10.5 Å². The molecular weight excluding hydrogens is 579 g/mol. The van der Waals surface area contributed by atoms with Crippen molar-refractivity contribution in [3.05, 3.63) is 97.1 Å². The van der Waals surface area contributed by atoms with Gasteiger partial charge in [-0.2, -0.15) is 0 Å². The normalized spacial score (nSPS) is 14.8. The van der Waals surface area contributed by atoms with Crippen molar-refractivity contribution in [3.8, 4) is 5.75 Å². The Bertz CT molecular complexity index is 1410. The fraction of sp³-hybridized carbons (Fsp3) is 0.233. The summed E-state index contributed by atoms with van der Waals surface area (Å²) in [6.07, 6.45) is 2.86. The van der Waals surface area contributed by atoms with Crippen LogP contribution in [0.5, 0.6) is 5.75 Å². The highest BCUT2D eigenvalue weighted by molar-refractivity contribution is 14.1. The first-order chi connectivity index (χ1) is 17.7. The Balaban J connectivity index is 1.74. The zero-order chi connectivity index (χ0) is 26.7. The van der Waals surface area contributed by atoms with E-state index in [0.29, 0.717) is 36.4 Å². The molecule has 0 saturated carbocycles. The number of amides is 4. The van der Waals surface area contributed by atoms with Gasteiger partial charge < -0.3 is 4.74 Å². The van der Waals surface area contributed by atoms with Crippen LogP contribution in [0.2, 0.25) is 0 Å². The fourth-order valence-corrected chi connectivity index (χ4v) is 5.43. The molecule has 37 heavy (non-hydrogen) atoms. The van der Waals surface area contributed by atoms with Crippen LogP contribution in [0.1, 0.15) is 47.2 Å². The molecule has 6 nitrogen and oxygen atoms in total. The number of imide groups is 2. The summed E-state index contributed by atoms with van der Waals surface area (Å²) in [5.74, 6) is -0.664. The lowest BCUT2D eigenvalue weighted by Crippen LogP contribution is -2.54. The summed E-state index contributed by atoms with van der Waals surface area (Å²) in [6.45, 7) is 8.51.